The number of nitrogens with zero attached hydrogens (tertiary/aromatic N) is 2. The molecule has 0 fully saturated rings. The molecular formula is C15H17ClN2S. The molecule has 1 heterocycles. The summed E-state index contributed by atoms with van der Waals surface area (Å²) < 4.78 is 0. The van der Waals surface area contributed by atoms with E-state index in [2.05, 4.69) is 41.2 Å². The summed E-state index contributed by atoms with van der Waals surface area (Å²) in [5.74, 6) is 1.63. The summed E-state index contributed by atoms with van der Waals surface area (Å²) in [5, 5.41) is -0.0435. The first-order valence-corrected chi connectivity index (χ1v) is 7.65. The summed E-state index contributed by atoms with van der Waals surface area (Å²) in [6.07, 6.45) is 1.84. The first kappa shape index (κ1) is 14.4. The zero-order chi connectivity index (χ0) is 13.8. The third-order valence-corrected chi connectivity index (χ3v) is 4.35. The molecule has 0 spiro atoms. The molecule has 0 radical (unpaired) electrons. The molecular weight excluding hydrogens is 276 g/mol. The maximum Gasteiger partial charge on any atom is 0.138 e. The van der Waals surface area contributed by atoms with Crippen molar-refractivity contribution < 1.29 is 0 Å². The Bertz CT molecular complexity index is 570. The van der Waals surface area contributed by atoms with E-state index in [0.717, 1.165) is 22.8 Å². The second-order valence-corrected chi connectivity index (χ2v) is 6.17. The van der Waals surface area contributed by atoms with Crippen molar-refractivity contribution >= 4 is 23.4 Å². The van der Waals surface area contributed by atoms with Crippen LogP contribution < -0.4 is 0 Å². The van der Waals surface area contributed by atoms with Crippen LogP contribution in [0.2, 0.25) is 0 Å². The summed E-state index contributed by atoms with van der Waals surface area (Å²) >= 11 is 7.83. The molecule has 0 saturated carbocycles. The van der Waals surface area contributed by atoms with Gasteiger partial charge in [0.15, 0.2) is 0 Å². The Morgan fingerprint density at radius 1 is 1.26 bits per heavy atom. The van der Waals surface area contributed by atoms with Gasteiger partial charge in [0.05, 0.1) is 11.1 Å². The van der Waals surface area contributed by atoms with Crippen molar-refractivity contribution in [1.29, 1.82) is 0 Å². The summed E-state index contributed by atoms with van der Waals surface area (Å²) in [5.41, 5.74) is 3.26. The van der Waals surface area contributed by atoms with Gasteiger partial charge < -0.3 is 0 Å². The van der Waals surface area contributed by atoms with Gasteiger partial charge in [0, 0.05) is 22.3 Å². The lowest BCUT2D eigenvalue weighted by molar-refractivity contribution is 0.923. The molecule has 2 aromatic rings. The van der Waals surface area contributed by atoms with E-state index in [1.807, 2.05) is 20.0 Å². The molecule has 0 aliphatic carbocycles. The number of aryl methyl sites for hydroxylation is 2. The van der Waals surface area contributed by atoms with Gasteiger partial charge in [0.1, 0.15) is 5.82 Å². The highest BCUT2D eigenvalue weighted by Gasteiger charge is 2.08. The predicted octanol–water partition coefficient (Wildman–Crippen LogP) is 4.69. The molecule has 0 aliphatic rings. The number of halogens is 1. The average Bonchev–Trinajstić information content (AvgIpc) is 2.37. The number of thioether (sulfide) groups is 1. The van der Waals surface area contributed by atoms with Crippen LogP contribution >= 0.6 is 23.4 Å². The van der Waals surface area contributed by atoms with E-state index in [-0.39, 0.29) is 5.38 Å². The van der Waals surface area contributed by atoms with Crippen molar-refractivity contribution in [3.63, 3.8) is 0 Å². The van der Waals surface area contributed by atoms with Gasteiger partial charge in [-0.1, -0.05) is 18.2 Å². The zero-order valence-electron chi connectivity index (χ0n) is 11.4. The van der Waals surface area contributed by atoms with E-state index in [1.54, 1.807) is 11.8 Å². The first-order valence-electron chi connectivity index (χ1n) is 6.23. The average molecular weight is 293 g/mol. The van der Waals surface area contributed by atoms with Crippen molar-refractivity contribution in [2.24, 2.45) is 0 Å². The number of rotatable bonds is 4. The molecule has 2 rings (SSSR count). The molecule has 0 bridgehead atoms. The monoisotopic (exact) mass is 292 g/mol. The highest BCUT2D eigenvalue weighted by Crippen LogP contribution is 2.26. The van der Waals surface area contributed by atoms with E-state index in [4.69, 9.17) is 11.6 Å². The van der Waals surface area contributed by atoms with Crippen LogP contribution in [0.5, 0.6) is 0 Å². The highest BCUT2D eigenvalue weighted by atomic mass is 35.5. The molecule has 1 atom stereocenters. The number of aromatic nitrogens is 2. The van der Waals surface area contributed by atoms with Crippen molar-refractivity contribution in [2.45, 2.75) is 36.8 Å². The second kappa shape index (κ2) is 6.40. The minimum atomic E-state index is -0.0435. The van der Waals surface area contributed by atoms with Crippen molar-refractivity contribution in [2.75, 3.05) is 0 Å². The van der Waals surface area contributed by atoms with Crippen LogP contribution in [0.3, 0.4) is 0 Å². The molecule has 4 heteroatoms. The molecule has 1 unspecified atom stereocenters. The molecule has 0 aliphatic heterocycles. The predicted molar refractivity (Wildman–Crippen MR) is 81.8 cm³/mol. The molecule has 0 saturated heterocycles. The van der Waals surface area contributed by atoms with Gasteiger partial charge in [-0.15, -0.1) is 23.4 Å². The quantitative estimate of drug-likeness (QED) is 0.604. The molecule has 0 N–H and O–H groups in total. The Hall–Kier alpha value is -1.06. The molecule has 2 nitrogen and oxygen atoms in total. The van der Waals surface area contributed by atoms with Crippen molar-refractivity contribution in [1.82, 2.24) is 9.97 Å². The van der Waals surface area contributed by atoms with Gasteiger partial charge in [-0.3, -0.25) is 0 Å². The number of alkyl halides is 1. The van der Waals surface area contributed by atoms with E-state index in [0.29, 0.717) is 0 Å². The lowest BCUT2D eigenvalue weighted by Crippen LogP contribution is -2.00. The Labute approximate surface area is 123 Å². The van der Waals surface area contributed by atoms with Crippen LogP contribution in [0.25, 0.3) is 0 Å². The van der Waals surface area contributed by atoms with Gasteiger partial charge in [-0.2, -0.15) is 0 Å². The molecule has 1 aromatic heterocycles. The largest absolute Gasteiger partial charge is 0.240 e. The minimum Gasteiger partial charge on any atom is -0.240 e. The van der Waals surface area contributed by atoms with Gasteiger partial charge in [-0.25, -0.2) is 9.97 Å². The van der Waals surface area contributed by atoms with Crippen molar-refractivity contribution in [3.8, 4) is 0 Å². The molecule has 19 heavy (non-hydrogen) atoms. The van der Waals surface area contributed by atoms with Gasteiger partial charge in [0.25, 0.3) is 0 Å². The normalized spacial score (nSPS) is 12.4. The Morgan fingerprint density at radius 2 is 2.00 bits per heavy atom. The third kappa shape index (κ3) is 3.71. The fourth-order valence-corrected chi connectivity index (χ4v) is 2.95. The molecule has 0 amide bonds. The fourth-order valence-electron chi connectivity index (χ4n) is 1.85. The third-order valence-electron chi connectivity index (χ3n) is 2.95. The van der Waals surface area contributed by atoms with Gasteiger partial charge in [-0.05, 0) is 32.4 Å². The Balaban J connectivity index is 2.08. The minimum absolute atomic E-state index is 0.0435. The molecule has 1 aromatic carbocycles. The number of hydrogen-bond acceptors (Lipinski definition) is 3. The van der Waals surface area contributed by atoms with Crippen LogP contribution in [0.15, 0.2) is 35.4 Å². The summed E-state index contributed by atoms with van der Waals surface area (Å²) in [4.78, 5) is 10.2. The van der Waals surface area contributed by atoms with E-state index in [9.17, 15) is 0 Å². The van der Waals surface area contributed by atoms with Gasteiger partial charge in [0.2, 0.25) is 0 Å². The van der Waals surface area contributed by atoms with Crippen LogP contribution in [0.4, 0.5) is 0 Å². The number of hydrogen-bond donors (Lipinski definition) is 0. The van der Waals surface area contributed by atoms with Crippen molar-refractivity contribution in [3.05, 3.63) is 53.1 Å². The second-order valence-electron chi connectivity index (χ2n) is 4.50. The zero-order valence-corrected chi connectivity index (χ0v) is 12.9. The number of benzene rings is 1. The van der Waals surface area contributed by atoms with E-state index in [1.165, 1.54) is 10.5 Å². The standard InChI is InChI=1S/C15H17ClN2S/c1-10-6-4-5-7-14(10)19-9-15-17-8-13(11(2)16)12(3)18-15/h4-8,11H,9H2,1-3H3. The lowest BCUT2D eigenvalue weighted by Gasteiger charge is -2.09. The van der Waals surface area contributed by atoms with E-state index < -0.39 is 0 Å². The Kier molecular flexibility index (Phi) is 4.83. The van der Waals surface area contributed by atoms with Crippen LogP contribution in [-0.4, -0.2) is 9.97 Å². The topological polar surface area (TPSA) is 25.8 Å². The van der Waals surface area contributed by atoms with Gasteiger partial charge >= 0.3 is 0 Å². The Morgan fingerprint density at radius 3 is 2.63 bits per heavy atom. The lowest BCUT2D eigenvalue weighted by atomic mass is 10.2. The highest BCUT2D eigenvalue weighted by molar-refractivity contribution is 7.98. The van der Waals surface area contributed by atoms with Crippen LogP contribution in [0.1, 0.15) is 34.9 Å². The maximum absolute atomic E-state index is 6.07. The summed E-state index contributed by atoms with van der Waals surface area (Å²) in [7, 11) is 0. The summed E-state index contributed by atoms with van der Waals surface area (Å²) in [6.45, 7) is 6.04. The van der Waals surface area contributed by atoms with Crippen LogP contribution in [-0.2, 0) is 5.75 Å². The summed E-state index contributed by atoms with van der Waals surface area (Å²) in [6, 6.07) is 8.35. The smallest absolute Gasteiger partial charge is 0.138 e. The van der Waals surface area contributed by atoms with E-state index >= 15 is 0 Å². The SMILES string of the molecule is Cc1ccccc1SCc1ncc(C(C)Cl)c(C)n1. The first-order chi connectivity index (χ1) is 9.08. The van der Waals surface area contributed by atoms with Crippen LogP contribution in [0, 0.1) is 13.8 Å². The maximum atomic E-state index is 6.07. The fraction of sp³-hybridized carbons (Fsp3) is 0.333. The molecule has 100 valence electrons.